The molecule has 0 heterocycles. The first-order valence-electron chi connectivity index (χ1n) is 11.0. The van der Waals surface area contributed by atoms with Gasteiger partial charge in [-0.05, 0) is 94.3 Å². The van der Waals surface area contributed by atoms with Gasteiger partial charge < -0.3 is 19.5 Å². The predicted octanol–water partition coefficient (Wildman–Crippen LogP) is 5.01. The van der Waals surface area contributed by atoms with Crippen molar-refractivity contribution in [2.75, 3.05) is 13.2 Å². The van der Waals surface area contributed by atoms with E-state index in [4.69, 9.17) is 14.2 Å². The van der Waals surface area contributed by atoms with Gasteiger partial charge in [0.25, 0.3) is 5.91 Å². The molecule has 2 atom stereocenters. The van der Waals surface area contributed by atoms with Gasteiger partial charge in [0.2, 0.25) is 0 Å². The Kier molecular flexibility index (Phi) is 7.61. The van der Waals surface area contributed by atoms with Gasteiger partial charge >= 0.3 is 0 Å². The third-order valence-corrected chi connectivity index (χ3v) is 5.43. The highest BCUT2D eigenvalue weighted by molar-refractivity contribution is 5.81. The van der Waals surface area contributed by atoms with E-state index < -0.39 is 6.10 Å². The van der Waals surface area contributed by atoms with Gasteiger partial charge in [-0.15, -0.1) is 0 Å². The van der Waals surface area contributed by atoms with Gasteiger partial charge in [0.05, 0.1) is 19.3 Å². The van der Waals surface area contributed by atoms with Crippen molar-refractivity contribution in [3.63, 3.8) is 0 Å². The van der Waals surface area contributed by atoms with Crippen LogP contribution >= 0.6 is 0 Å². The lowest BCUT2D eigenvalue weighted by Crippen LogP contribution is -2.37. The fraction of sp³-hybridized carbons (Fsp3) is 0.480. The van der Waals surface area contributed by atoms with Crippen LogP contribution in [-0.4, -0.2) is 25.2 Å². The Bertz CT molecular complexity index is 864. The van der Waals surface area contributed by atoms with E-state index in [0.29, 0.717) is 24.7 Å². The van der Waals surface area contributed by atoms with Crippen LogP contribution in [0.5, 0.6) is 17.2 Å². The van der Waals surface area contributed by atoms with Gasteiger partial charge in [0, 0.05) is 0 Å². The molecule has 5 heteroatoms. The van der Waals surface area contributed by atoms with Gasteiger partial charge in [0.15, 0.2) is 17.6 Å². The van der Waals surface area contributed by atoms with Gasteiger partial charge in [-0.2, -0.15) is 0 Å². The number of nitrogens with one attached hydrogen (secondary N) is 1. The summed E-state index contributed by atoms with van der Waals surface area (Å²) in [5.74, 6) is 2.01. The monoisotopic (exact) mass is 411 g/mol. The molecule has 0 aromatic heterocycles. The van der Waals surface area contributed by atoms with E-state index in [9.17, 15) is 4.79 Å². The van der Waals surface area contributed by atoms with Crippen molar-refractivity contribution in [2.24, 2.45) is 0 Å². The minimum atomic E-state index is -0.580. The average Bonchev–Trinajstić information content (AvgIpc) is 2.75. The molecule has 1 amide bonds. The van der Waals surface area contributed by atoms with Crippen LogP contribution in [0.3, 0.4) is 0 Å². The highest BCUT2D eigenvalue weighted by atomic mass is 16.5. The van der Waals surface area contributed by atoms with Crippen LogP contribution < -0.4 is 19.5 Å². The van der Waals surface area contributed by atoms with Gasteiger partial charge in [0.1, 0.15) is 5.75 Å². The lowest BCUT2D eigenvalue weighted by atomic mass is 9.92. The first kappa shape index (κ1) is 22.0. The third kappa shape index (κ3) is 5.47. The van der Waals surface area contributed by atoms with Crippen LogP contribution in [0.25, 0.3) is 0 Å². The summed E-state index contributed by atoms with van der Waals surface area (Å²) in [4.78, 5) is 12.7. The highest BCUT2D eigenvalue weighted by Gasteiger charge is 2.20. The van der Waals surface area contributed by atoms with E-state index in [0.717, 1.165) is 24.2 Å². The summed E-state index contributed by atoms with van der Waals surface area (Å²) in [6.07, 6.45) is 4.11. The van der Waals surface area contributed by atoms with E-state index >= 15 is 0 Å². The molecule has 2 aromatic rings. The Hall–Kier alpha value is -2.69. The van der Waals surface area contributed by atoms with E-state index in [1.807, 2.05) is 45.0 Å². The standard InChI is InChI=1S/C25H33NO4/c1-5-28-23-14-12-20(16-24(23)29-6-2)17(3)26-25(27)18(4)30-22-13-11-19-9-7-8-10-21(19)15-22/h11-18H,5-10H2,1-4H3,(H,26,27). The summed E-state index contributed by atoms with van der Waals surface area (Å²) in [5.41, 5.74) is 3.70. The van der Waals surface area contributed by atoms with E-state index in [-0.39, 0.29) is 11.9 Å². The number of carbonyl (C=O) groups is 1. The van der Waals surface area contributed by atoms with Gasteiger partial charge in [-0.25, -0.2) is 0 Å². The maximum absolute atomic E-state index is 12.7. The van der Waals surface area contributed by atoms with E-state index in [2.05, 4.69) is 17.4 Å². The van der Waals surface area contributed by atoms with Gasteiger partial charge in [-0.1, -0.05) is 12.1 Å². The smallest absolute Gasteiger partial charge is 0.261 e. The molecule has 2 unspecified atom stereocenters. The summed E-state index contributed by atoms with van der Waals surface area (Å²) in [6.45, 7) is 8.74. The molecule has 162 valence electrons. The maximum Gasteiger partial charge on any atom is 0.261 e. The number of benzene rings is 2. The van der Waals surface area contributed by atoms with E-state index in [1.165, 1.54) is 24.0 Å². The summed E-state index contributed by atoms with van der Waals surface area (Å²) in [5, 5.41) is 3.04. The van der Waals surface area contributed by atoms with Crippen LogP contribution in [-0.2, 0) is 17.6 Å². The molecule has 0 saturated heterocycles. The molecule has 1 aliphatic rings. The SMILES string of the molecule is CCOc1ccc(C(C)NC(=O)C(C)Oc2ccc3c(c2)CCCC3)cc1OCC. The minimum absolute atomic E-state index is 0.146. The van der Waals surface area contributed by atoms with Crippen molar-refractivity contribution in [3.05, 3.63) is 53.1 Å². The number of carbonyl (C=O) groups excluding carboxylic acids is 1. The van der Waals surface area contributed by atoms with Crippen LogP contribution in [0.4, 0.5) is 0 Å². The number of hydrogen-bond donors (Lipinski definition) is 1. The number of fused-ring (bicyclic) bond motifs is 1. The zero-order valence-corrected chi connectivity index (χ0v) is 18.5. The first-order chi connectivity index (χ1) is 14.5. The maximum atomic E-state index is 12.7. The summed E-state index contributed by atoms with van der Waals surface area (Å²) in [7, 11) is 0. The van der Waals surface area contributed by atoms with Crippen LogP contribution in [0.15, 0.2) is 36.4 Å². The second-order valence-corrected chi connectivity index (χ2v) is 7.70. The molecule has 0 bridgehead atoms. The molecule has 30 heavy (non-hydrogen) atoms. The third-order valence-electron chi connectivity index (χ3n) is 5.43. The Balaban J connectivity index is 1.62. The molecule has 2 aromatic carbocycles. The summed E-state index contributed by atoms with van der Waals surface area (Å²) >= 11 is 0. The molecule has 0 fully saturated rings. The fourth-order valence-corrected chi connectivity index (χ4v) is 3.79. The van der Waals surface area contributed by atoms with Crippen LogP contribution in [0, 0.1) is 0 Å². The van der Waals surface area contributed by atoms with Crippen molar-refractivity contribution in [3.8, 4) is 17.2 Å². The Morgan fingerprint density at radius 1 is 0.933 bits per heavy atom. The van der Waals surface area contributed by atoms with Crippen LogP contribution in [0.2, 0.25) is 0 Å². The average molecular weight is 412 g/mol. The Morgan fingerprint density at radius 3 is 2.37 bits per heavy atom. The quantitative estimate of drug-likeness (QED) is 0.630. The zero-order valence-electron chi connectivity index (χ0n) is 18.5. The molecular weight excluding hydrogens is 378 g/mol. The van der Waals surface area contributed by atoms with Crippen LogP contribution in [0.1, 0.15) is 63.3 Å². The molecule has 0 radical (unpaired) electrons. The number of amides is 1. The van der Waals surface area contributed by atoms with Crippen molar-refractivity contribution in [1.29, 1.82) is 0 Å². The molecule has 3 rings (SSSR count). The number of rotatable bonds is 9. The highest BCUT2D eigenvalue weighted by Crippen LogP contribution is 2.31. The Morgan fingerprint density at radius 2 is 1.63 bits per heavy atom. The summed E-state index contributed by atoms with van der Waals surface area (Å²) < 4.78 is 17.2. The Labute approximate surface area is 179 Å². The minimum Gasteiger partial charge on any atom is -0.490 e. The van der Waals surface area contributed by atoms with Crippen molar-refractivity contribution < 1.29 is 19.0 Å². The van der Waals surface area contributed by atoms with Gasteiger partial charge in [-0.3, -0.25) is 4.79 Å². The molecule has 1 N–H and O–H groups in total. The molecule has 0 aliphatic heterocycles. The van der Waals surface area contributed by atoms with E-state index in [1.54, 1.807) is 6.92 Å². The van der Waals surface area contributed by atoms with Crippen molar-refractivity contribution in [1.82, 2.24) is 5.32 Å². The lowest BCUT2D eigenvalue weighted by Gasteiger charge is -2.21. The molecule has 0 saturated carbocycles. The second kappa shape index (κ2) is 10.4. The predicted molar refractivity (Wildman–Crippen MR) is 119 cm³/mol. The zero-order chi connectivity index (χ0) is 21.5. The van der Waals surface area contributed by atoms with Crippen molar-refractivity contribution in [2.45, 2.75) is 65.5 Å². The number of aryl methyl sites for hydroxylation is 2. The summed E-state index contributed by atoms with van der Waals surface area (Å²) in [6, 6.07) is 11.8. The van der Waals surface area contributed by atoms with Crippen molar-refractivity contribution >= 4 is 5.91 Å². The number of hydrogen-bond acceptors (Lipinski definition) is 4. The largest absolute Gasteiger partial charge is 0.490 e. The molecular formula is C25H33NO4. The first-order valence-corrected chi connectivity index (χ1v) is 11.0. The molecule has 5 nitrogen and oxygen atoms in total. The number of ether oxygens (including phenoxy) is 3. The second-order valence-electron chi connectivity index (χ2n) is 7.70. The fourth-order valence-electron chi connectivity index (χ4n) is 3.79. The molecule has 0 spiro atoms. The molecule has 1 aliphatic carbocycles. The normalized spacial score (nSPS) is 14.9. The topological polar surface area (TPSA) is 56.8 Å². The lowest BCUT2D eigenvalue weighted by molar-refractivity contribution is -0.127.